The van der Waals surface area contributed by atoms with Crippen LogP contribution in [-0.4, -0.2) is 41.6 Å². The number of hydrogen-bond acceptors (Lipinski definition) is 3. The Morgan fingerprint density at radius 1 is 1.07 bits per heavy atom. The molecule has 0 radical (unpaired) electrons. The zero-order valence-corrected chi connectivity index (χ0v) is 14.8. The molecule has 0 aromatic heterocycles. The number of carbonyl (C=O) groups excluding carboxylic acids is 1. The lowest BCUT2D eigenvalue weighted by Crippen LogP contribution is -2.29. The van der Waals surface area contributed by atoms with Gasteiger partial charge in [-0.05, 0) is 42.0 Å². The largest absolute Gasteiger partial charge is 0.481 e. The van der Waals surface area contributed by atoms with E-state index >= 15 is 0 Å². The van der Waals surface area contributed by atoms with Crippen LogP contribution in [0.25, 0.3) is 0 Å². The number of aliphatic carboxylic acids is 1. The molecule has 1 aliphatic rings. The smallest absolute Gasteiger partial charge is 0.387 e. The number of benzene rings is 2. The number of hydrogen-bond donors (Lipinski definition) is 1. The van der Waals surface area contributed by atoms with E-state index in [-0.39, 0.29) is 36.2 Å². The number of likely N-dealkylation sites (tertiary alicyclic amines) is 1. The number of carbonyl (C=O) groups is 2. The Morgan fingerprint density at radius 2 is 1.70 bits per heavy atom. The summed E-state index contributed by atoms with van der Waals surface area (Å²) in [4.78, 5) is 25.8. The molecule has 2 aromatic rings. The number of alkyl halides is 2. The Balaban J connectivity index is 1.77. The van der Waals surface area contributed by atoms with Crippen molar-refractivity contribution in [3.63, 3.8) is 0 Å². The third kappa shape index (κ3) is 4.36. The highest BCUT2D eigenvalue weighted by atomic mass is 35.5. The number of carboxylic acid groups (broad SMARTS) is 1. The Labute approximate surface area is 159 Å². The summed E-state index contributed by atoms with van der Waals surface area (Å²) in [6.45, 7) is -2.63. The second kappa shape index (κ2) is 7.92. The lowest BCUT2D eigenvalue weighted by atomic mass is 9.89. The number of nitrogens with zero attached hydrogens (tertiary/aromatic N) is 1. The van der Waals surface area contributed by atoms with Crippen LogP contribution in [0, 0.1) is 5.92 Å². The average Bonchev–Trinajstić information content (AvgIpc) is 3.07. The fourth-order valence-electron chi connectivity index (χ4n) is 3.23. The maximum Gasteiger partial charge on any atom is 0.387 e. The first-order valence-electron chi connectivity index (χ1n) is 8.17. The number of halogens is 3. The van der Waals surface area contributed by atoms with E-state index in [1.807, 2.05) is 0 Å². The minimum Gasteiger partial charge on any atom is -0.481 e. The average molecular weight is 396 g/mol. The molecule has 8 heteroatoms. The molecule has 1 N–H and O–H groups in total. The van der Waals surface area contributed by atoms with Gasteiger partial charge >= 0.3 is 12.6 Å². The van der Waals surface area contributed by atoms with E-state index in [4.69, 9.17) is 11.6 Å². The lowest BCUT2D eigenvalue weighted by Gasteiger charge is -2.17. The van der Waals surface area contributed by atoms with Gasteiger partial charge in [-0.2, -0.15) is 8.78 Å². The summed E-state index contributed by atoms with van der Waals surface area (Å²) < 4.78 is 28.7. The molecule has 2 aromatic carbocycles. The molecule has 1 amide bonds. The highest BCUT2D eigenvalue weighted by molar-refractivity contribution is 6.30. The molecule has 3 rings (SSSR count). The van der Waals surface area contributed by atoms with E-state index in [2.05, 4.69) is 4.74 Å². The zero-order valence-electron chi connectivity index (χ0n) is 14.0. The van der Waals surface area contributed by atoms with Crippen molar-refractivity contribution in [3.05, 3.63) is 64.7 Å². The third-order valence-electron chi connectivity index (χ3n) is 4.55. The van der Waals surface area contributed by atoms with E-state index in [0.29, 0.717) is 5.02 Å². The third-order valence-corrected chi connectivity index (χ3v) is 4.80. The Bertz CT molecular complexity index is 827. The molecular formula is C19H16ClF2NO4. The maximum absolute atomic E-state index is 12.7. The van der Waals surface area contributed by atoms with Crippen molar-refractivity contribution in [1.29, 1.82) is 0 Å². The molecule has 142 valence electrons. The summed E-state index contributed by atoms with van der Waals surface area (Å²) in [5.41, 5.74) is 1.07. The van der Waals surface area contributed by atoms with E-state index in [1.165, 1.54) is 29.2 Å². The second-order valence-corrected chi connectivity index (χ2v) is 6.65. The predicted octanol–water partition coefficient (Wildman–Crippen LogP) is 3.88. The molecule has 0 spiro atoms. The SMILES string of the molecule is O=C(O)[C@@H]1CN(C(=O)c2ccc(OC(F)F)cc2)C[C@H]1c1ccc(Cl)cc1. The van der Waals surface area contributed by atoms with Crippen molar-refractivity contribution < 1.29 is 28.2 Å². The highest BCUT2D eigenvalue weighted by Gasteiger charge is 2.40. The van der Waals surface area contributed by atoms with Crippen LogP contribution < -0.4 is 4.74 Å². The van der Waals surface area contributed by atoms with Gasteiger partial charge in [-0.25, -0.2) is 0 Å². The number of rotatable bonds is 5. The summed E-state index contributed by atoms with van der Waals surface area (Å²) in [6.07, 6.45) is 0. The standard InChI is InChI=1S/C19H16ClF2NO4/c20-13-5-1-11(2-6-13)15-9-23(10-16(15)18(25)26)17(24)12-3-7-14(8-4-12)27-19(21)22/h1-8,15-16,19H,9-10H2,(H,25,26)/t15-,16+/m0/s1. The molecule has 0 unspecified atom stereocenters. The molecule has 5 nitrogen and oxygen atoms in total. The van der Waals surface area contributed by atoms with Crippen molar-refractivity contribution in [3.8, 4) is 5.75 Å². The molecule has 0 aliphatic carbocycles. The van der Waals surface area contributed by atoms with Crippen LogP contribution in [-0.2, 0) is 4.79 Å². The summed E-state index contributed by atoms with van der Waals surface area (Å²) in [7, 11) is 0. The zero-order chi connectivity index (χ0) is 19.6. The molecule has 1 saturated heterocycles. The molecular weight excluding hydrogens is 380 g/mol. The summed E-state index contributed by atoms with van der Waals surface area (Å²) in [5, 5.41) is 10.1. The Kier molecular flexibility index (Phi) is 5.60. The fraction of sp³-hybridized carbons (Fsp3) is 0.263. The van der Waals surface area contributed by atoms with Gasteiger partial charge in [0.15, 0.2) is 0 Å². The van der Waals surface area contributed by atoms with Crippen LogP contribution in [0.5, 0.6) is 5.75 Å². The monoisotopic (exact) mass is 395 g/mol. The van der Waals surface area contributed by atoms with Gasteiger partial charge in [0.2, 0.25) is 0 Å². The van der Waals surface area contributed by atoms with E-state index in [0.717, 1.165) is 5.56 Å². The molecule has 1 heterocycles. The van der Waals surface area contributed by atoms with Gasteiger partial charge in [0.05, 0.1) is 5.92 Å². The summed E-state index contributed by atoms with van der Waals surface area (Å²) in [5.74, 6) is -2.49. The summed E-state index contributed by atoms with van der Waals surface area (Å²) >= 11 is 5.88. The molecule has 2 atom stereocenters. The normalized spacial score (nSPS) is 19.3. The minimum atomic E-state index is -2.94. The maximum atomic E-state index is 12.7. The Hall–Kier alpha value is -2.67. The summed E-state index contributed by atoms with van der Waals surface area (Å²) in [6, 6.07) is 12.2. The van der Waals surface area contributed by atoms with Crippen LogP contribution in [0.3, 0.4) is 0 Å². The number of carboxylic acids is 1. The second-order valence-electron chi connectivity index (χ2n) is 6.22. The van der Waals surface area contributed by atoms with Gasteiger partial charge in [0.25, 0.3) is 5.91 Å². The first-order chi connectivity index (χ1) is 12.8. The topological polar surface area (TPSA) is 66.8 Å². The van der Waals surface area contributed by atoms with Crippen molar-refractivity contribution in [1.82, 2.24) is 4.90 Å². The predicted molar refractivity (Wildman–Crippen MR) is 94.3 cm³/mol. The van der Waals surface area contributed by atoms with Crippen LogP contribution >= 0.6 is 11.6 Å². The van der Waals surface area contributed by atoms with Crippen molar-refractivity contribution in [2.75, 3.05) is 13.1 Å². The van der Waals surface area contributed by atoms with Gasteiger partial charge < -0.3 is 14.7 Å². The van der Waals surface area contributed by atoms with E-state index in [9.17, 15) is 23.5 Å². The first kappa shape index (κ1) is 19.1. The molecule has 0 bridgehead atoms. The van der Waals surface area contributed by atoms with E-state index in [1.54, 1.807) is 24.3 Å². The molecule has 1 fully saturated rings. The van der Waals surface area contributed by atoms with Crippen LogP contribution in [0.1, 0.15) is 21.8 Å². The van der Waals surface area contributed by atoms with Crippen LogP contribution in [0.2, 0.25) is 5.02 Å². The molecule has 0 saturated carbocycles. The quantitative estimate of drug-likeness (QED) is 0.834. The fourth-order valence-corrected chi connectivity index (χ4v) is 3.36. The molecule has 1 aliphatic heterocycles. The van der Waals surface area contributed by atoms with E-state index < -0.39 is 18.5 Å². The van der Waals surface area contributed by atoms with Crippen LogP contribution in [0.15, 0.2) is 48.5 Å². The number of ether oxygens (including phenoxy) is 1. The van der Waals surface area contributed by atoms with Crippen molar-refractivity contribution >= 4 is 23.5 Å². The van der Waals surface area contributed by atoms with Crippen LogP contribution in [0.4, 0.5) is 8.78 Å². The van der Waals surface area contributed by atoms with Crippen molar-refractivity contribution in [2.24, 2.45) is 5.92 Å². The molecule has 27 heavy (non-hydrogen) atoms. The lowest BCUT2D eigenvalue weighted by molar-refractivity contribution is -0.141. The van der Waals surface area contributed by atoms with Crippen molar-refractivity contribution in [2.45, 2.75) is 12.5 Å². The Morgan fingerprint density at radius 3 is 2.26 bits per heavy atom. The minimum absolute atomic E-state index is 0.0505. The highest BCUT2D eigenvalue weighted by Crippen LogP contribution is 2.34. The van der Waals surface area contributed by atoms with Gasteiger partial charge in [0, 0.05) is 29.6 Å². The van der Waals surface area contributed by atoms with Gasteiger partial charge in [-0.15, -0.1) is 0 Å². The van der Waals surface area contributed by atoms with Gasteiger partial charge in [-0.1, -0.05) is 23.7 Å². The van der Waals surface area contributed by atoms with Gasteiger partial charge in [0.1, 0.15) is 5.75 Å². The van der Waals surface area contributed by atoms with Gasteiger partial charge in [-0.3, -0.25) is 9.59 Å². The number of amides is 1. The first-order valence-corrected chi connectivity index (χ1v) is 8.55.